The summed E-state index contributed by atoms with van der Waals surface area (Å²) in [5.41, 5.74) is 1.36. The molecule has 30 heavy (non-hydrogen) atoms. The molecule has 7 heteroatoms. The number of aryl methyl sites for hydroxylation is 1. The van der Waals surface area contributed by atoms with Crippen molar-refractivity contribution in [3.63, 3.8) is 0 Å². The molecule has 1 aliphatic carbocycles. The zero-order valence-corrected chi connectivity index (χ0v) is 19.1. The molecule has 164 valence electrons. The molecule has 1 aromatic heterocycles. The lowest BCUT2D eigenvalue weighted by molar-refractivity contribution is -0.118. The molecule has 0 aliphatic heterocycles. The molecule has 1 heterocycles. The van der Waals surface area contributed by atoms with E-state index < -0.39 is 0 Å². The molecule has 0 amide bonds. The molecule has 1 saturated carbocycles. The van der Waals surface area contributed by atoms with Crippen LogP contribution in [0.3, 0.4) is 0 Å². The lowest BCUT2D eigenvalue weighted by Crippen LogP contribution is -2.65. The maximum atomic E-state index is 5.77. The third-order valence-corrected chi connectivity index (χ3v) is 6.91. The van der Waals surface area contributed by atoms with Crippen LogP contribution in [0, 0.1) is 12.3 Å². The highest BCUT2D eigenvalue weighted by Gasteiger charge is 2.53. The summed E-state index contributed by atoms with van der Waals surface area (Å²) in [5.74, 6) is 2.54. The minimum Gasteiger partial charge on any atom is -0.381 e. The van der Waals surface area contributed by atoms with E-state index in [0.29, 0.717) is 18.7 Å². The van der Waals surface area contributed by atoms with Crippen molar-refractivity contribution in [3.8, 4) is 0 Å². The van der Waals surface area contributed by atoms with E-state index >= 15 is 0 Å². The molecule has 1 aromatic carbocycles. The summed E-state index contributed by atoms with van der Waals surface area (Å²) in [6, 6.07) is 10.9. The zero-order valence-electron chi connectivity index (χ0n) is 19.1. The molecule has 7 nitrogen and oxygen atoms in total. The highest BCUT2D eigenvalue weighted by atomic mass is 16.5. The standard InChI is InChI=1S/C23H36N6O/c1-7-23(8-2)19(14-20(23)30-6)26-22(24-15-21-28-27-17(4)29(21)5)25-16(3)18-12-10-9-11-13-18/h9-13,16,19-20H,7-8,14-15H2,1-6H3,(H2,24,25,26). The number of benzene rings is 1. The second-order valence-electron chi connectivity index (χ2n) is 8.26. The first-order chi connectivity index (χ1) is 14.4. The van der Waals surface area contributed by atoms with E-state index in [1.54, 1.807) is 0 Å². The number of hydrogen-bond acceptors (Lipinski definition) is 4. The summed E-state index contributed by atoms with van der Waals surface area (Å²) in [4.78, 5) is 4.87. The van der Waals surface area contributed by atoms with E-state index in [2.05, 4.69) is 65.9 Å². The predicted octanol–water partition coefficient (Wildman–Crippen LogP) is 3.51. The molecule has 0 spiro atoms. The predicted molar refractivity (Wildman–Crippen MR) is 120 cm³/mol. The largest absolute Gasteiger partial charge is 0.381 e. The molecule has 1 fully saturated rings. The van der Waals surface area contributed by atoms with Crippen LogP contribution in [0.15, 0.2) is 35.3 Å². The van der Waals surface area contributed by atoms with E-state index in [1.807, 2.05) is 31.7 Å². The van der Waals surface area contributed by atoms with Gasteiger partial charge in [0.2, 0.25) is 0 Å². The lowest BCUT2D eigenvalue weighted by Gasteiger charge is -2.55. The lowest BCUT2D eigenvalue weighted by atomic mass is 9.58. The number of nitrogens with one attached hydrogen (secondary N) is 2. The van der Waals surface area contributed by atoms with E-state index in [1.165, 1.54) is 5.56 Å². The smallest absolute Gasteiger partial charge is 0.192 e. The fraction of sp³-hybridized carbons (Fsp3) is 0.609. The number of methoxy groups -OCH3 is 1. The van der Waals surface area contributed by atoms with Crippen molar-refractivity contribution in [1.82, 2.24) is 25.4 Å². The van der Waals surface area contributed by atoms with Crippen LogP contribution >= 0.6 is 0 Å². The number of aliphatic imine (C=N–C) groups is 1. The maximum absolute atomic E-state index is 5.77. The topological polar surface area (TPSA) is 76.4 Å². The number of aromatic nitrogens is 3. The summed E-state index contributed by atoms with van der Waals surface area (Å²) in [6.45, 7) is 9.08. The Hall–Kier alpha value is -2.41. The second-order valence-corrected chi connectivity index (χ2v) is 8.26. The number of guanidine groups is 1. The number of rotatable bonds is 8. The maximum Gasteiger partial charge on any atom is 0.192 e. The van der Waals surface area contributed by atoms with Gasteiger partial charge in [-0.25, -0.2) is 4.99 Å². The molecule has 1 aliphatic rings. The molecular weight excluding hydrogens is 376 g/mol. The normalized spacial score (nSPS) is 21.7. The van der Waals surface area contributed by atoms with Crippen LogP contribution in [-0.4, -0.2) is 40.0 Å². The van der Waals surface area contributed by atoms with Gasteiger partial charge in [-0.2, -0.15) is 0 Å². The molecule has 3 atom stereocenters. The van der Waals surface area contributed by atoms with Gasteiger partial charge < -0.3 is 19.9 Å². The van der Waals surface area contributed by atoms with Crippen molar-refractivity contribution in [2.75, 3.05) is 7.11 Å². The van der Waals surface area contributed by atoms with E-state index in [9.17, 15) is 0 Å². The highest BCUT2D eigenvalue weighted by Crippen LogP contribution is 2.48. The third kappa shape index (κ3) is 4.36. The second kappa shape index (κ2) is 9.60. The monoisotopic (exact) mass is 412 g/mol. The van der Waals surface area contributed by atoms with Gasteiger partial charge in [-0.3, -0.25) is 0 Å². The summed E-state index contributed by atoms with van der Waals surface area (Å²) in [5, 5.41) is 15.7. The van der Waals surface area contributed by atoms with Gasteiger partial charge >= 0.3 is 0 Å². The number of ether oxygens (including phenoxy) is 1. The molecule has 3 rings (SSSR count). The van der Waals surface area contributed by atoms with Crippen molar-refractivity contribution in [3.05, 3.63) is 47.5 Å². The molecule has 0 saturated heterocycles. The minimum absolute atomic E-state index is 0.133. The van der Waals surface area contributed by atoms with Crippen LogP contribution in [0.1, 0.15) is 63.3 Å². The Balaban J connectivity index is 1.80. The van der Waals surface area contributed by atoms with Crippen LogP contribution in [0.4, 0.5) is 0 Å². The minimum atomic E-state index is 0.133. The molecule has 2 N–H and O–H groups in total. The number of hydrogen-bond donors (Lipinski definition) is 2. The van der Waals surface area contributed by atoms with Gasteiger partial charge in [0, 0.05) is 25.6 Å². The molecule has 2 aromatic rings. The van der Waals surface area contributed by atoms with Gasteiger partial charge in [0.15, 0.2) is 11.8 Å². The van der Waals surface area contributed by atoms with Gasteiger partial charge in [0.05, 0.1) is 12.1 Å². The first kappa shape index (κ1) is 22.3. The first-order valence-corrected chi connectivity index (χ1v) is 10.9. The number of nitrogens with zero attached hydrogens (tertiary/aromatic N) is 4. The van der Waals surface area contributed by atoms with Crippen LogP contribution in [0.2, 0.25) is 0 Å². The Morgan fingerprint density at radius 1 is 1.27 bits per heavy atom. The highest BCUT2D eigenvalue weighted by molar-refractivity contribution is 5.80. The van der Waals surface area contributed by atoms with Crippen LogP contribution < -0.4 is 10.6 Å². The fourth-order valence-corrected chi connectivity index (χ4v) is 4.55. The van der Waals surface area contributed by atoms with Crippen molar-refractivity contribution >= 4 is 5.96 Å². The quantitative estimate of drug-likeness (QED) is 0.512. The Morgan fingerprint density at radius 2 is 1.97 bits per heavy atom. The van der Waals surface area contributed by atoms with Crippen LogP contribution in [0.25, 0.3) is 0 Å². The average Bonchev–Trinajstić information content (AvgIpc) is 3.08. The summed E-state index contributed by atoms with van der Waals surface area (Å²) >= 11 is 0. The third-order valence-electron chi connectivity index (χ3n) is 6.91. The van der Waals surface area contributed by atoms with Gasteiger partial charge in [0.1, 0.15) is 12.4 Å². The van der Waals surface area contributed by atoms with Gasteiger partial charge in [-0.1, -0.05) is 44.2 Å². The van der Waals surface area contributed by atoms with Crippen LogP contribution in [-0.2, 0) is 18.3 Å². The molecular formula is C23H36N6O. The molecule has 3 unspecified atom stereocenters. The van der Waals surface area contributed by atoms with E-state index in [-0.39, 0.29) is 11.5 Å². The van der Waals surface area contributed by atoms with Crippen LogP contribution in [0.5, 0.6) is 0 Å². The Kier molecular flexibility index (Phi) is 7.13. The Labute approximate surface area is 180 Å². The fourth-order valence-electron chi connectivity index (χ4n) is 4.55. The van der Waals surface area contributed by atoms with Gasteiger partial charge in [0.25, 0.3) is 0 Å². The SMILES string of the molecule is CCC1(CC)C(NC(=NCc2nnc(C)n2C)NC(C)c2ccccc2)CC1OC. The zero-order chi connectivity index (χ0) is 21.7. The van der Waals surface area contributed by atoms with E-state index in [4.69, 9.17) is 9.73 Å². The van der Waals surface area contributed by atoms with Gasteiger partial charge in [-0.05, 0) is 38.7 Å². The van der Waals surface area contributed by atoms with E-state index in [0.717, 1.165) is 36.9 Å². The van der Waals surface area contributed by atoms with Crippen molar-refractivity contribution < 1.29 is 4.74 Å². The average molecular weight is 413 g/mol. The molecule has 0 bridgehead atoms. The molecule has 0 radical (unpaired) electrons. The first-order valence-electron chi connectivity index (χ1n) is 10.9. The summed E-state index contributed by atoms with van der Waals surface area (Å²) in [6.07, 6.45) is 3.42. The Morgan fingerprint density at radius 3 is 2.53 bits per heavy atom. The van der Waals surface area contributed by atoms with Crippen molar-refractivity contribution in [2.45, 2.75) is 71.7 Å². The van der Waals surface area contributed by atoms with Gasteiger partial charge in [-0.15, -0.1) is 10.2 Å². The van der Waals surface area contributed by atoms with Crippen molar-refractivity contribution in [2.24, 2.45) is 17.5 Å². The Bertz CT molecular complexity index is 843. The summed E-state index contributed by atoms with van der Waals surface area (Å²) < 4.78 is 7.75. The van der Waals surface area contributed by atoms with Crippen molar-refractivity contribution in [1.29, 1.82) is 0 Å². The summed E-state index contributed by atoms with van der Waals surface area (Å²) in [7, 11) is 3.80.